The lowest BCUT2D eigenvalue weighted by atomic mass is 10.1. The number of aliphatic hydroxyl groups is 1. The minimum atomic E-state index is -4.67. The Balaban J connectivity index is 2.92. The molecule has 1 rings (SSSR count). The highest BCUT2D eigenvalue weighted by Gasteiger charge is 2.60. The van der Waals surface area contributed by atoms with E-state index in [9.17, 15) is 13.2 Å². The predicted molar refractivity (Wildman–Crippen MR) is 36.9 cm³/mol. The van der Waals surface area contributed by atoms with Crippen molar-refractivity contribution in [1.82, 2.24) is 0 Å². The molecule has 1 unspecified atom stereocenters. The van der Waals surface area contributed by atoms with Crippen molar-refractivity contribution in [2.24, 2.45) is 5.41 Å². The zero-order chi connectivity index (χ0) is 9.57. The second-order valence-electron chi connectivity index (χ2n) is 2.83. The van der Waals surface area contributed by atoms with Gasteiger partial charge in [-0.3, -0.25) is 9.35 Å². The van der Waals surface area contributed by atoms with E-state index in [1.54, 1.807) is 0 Å². The Morgan fingerprint density at radius 2 is 1.83 bits per heavy atom. The number of carbonyl (C=O) groups is 1. The van der Waals surface area contributed by atoms with E-state index < -0.39 is 26.9 Å². The number of aliphatic hydroxyl groups excluding tert-OH is 1. The van der Waals surface area contributed by atoms with E-state index in [0.717, 1.165) is 0 Å². The number of aliphatic carboxylic acids is 1. The van der Waals surface area contributed by atoms with E-state index >= 15 is 0 Å². The first-order chi connectivity index (χ1) is 5.31. The fourth-order valence-corrected chi connectivity index (χ4v) is 1.89. The smallest absolute Gasteiger partial charge is 0.313 e. The third kappa shape index (κ3) is 1.30. The lowest BCUT2D eigenvalue weighted by molar-refractivity contribution is -0.146. The van der Waals surface area contributed by atoms with Crippen LogP contribution in [-0.2, 0) is 14.9 Å². The van der Waals surface area contributed by atoms with Gasteiger partial charge in [0.25, 0.3) is 10.1 Å². The van der Waals surface area contributed by atoms with Crippen LogP contribution in [0.25, 0.3) is 0 Å². The maximum Gasteiger partial charge on any atom is 0.313 e. The molecule has 0 amide bonds. The summed E-state index contributed by atoms with van der Waals surface area (Å²) in [5, 5.41) is 17.4. The van der Waals surface area contributed by atoms with E-state index in [2.05, 4.69) is 0 Å². The number of carboxylic acids is 1. The van der Waals surface area contributed by atoms with Crippen LogP contribution in [0.1, 0.15) is 12.8 Å². The molecule has 0 aromatic carbocycles. The molecule has 0 aromatic rings. The van der Waals surface area contributed by atoms with Crippen LogP contribution < -0.4 is 0 Å². The summed E-state index contributed by atoms with van der Waals surface area (Å²) in [6.07, 6.45) is 0.145. The van der Waals surface area contributed by atoms with Crippen molar-refractivity contribution >= 4 is 16.1 Å². The van der Waals surface area contributed by atoms with Gasteiger partial charge in [0.2, 0.25) is 0 Å². The van der Waals surface area contributed by atoms with Gasteiger partial charge in [-0.2, -0.15) is 8.42 Å². The van der Waals surface area contributed by atoms with Crippen LogP contribution >= 0.6 is 0 Å². The first kappa shape index (κ1) is 9.43. The van der Waals surface area contributed by atoms with Gasteiger partial charge in [0, 0.05) is 0 Å². The number of carboxylic acid groups (broad SMARTS) is 1. The summed E-state index contributed by atoms with van der Waals surface area (Å²) in [6, 6.07) is 0. The van der Waals surface area contributed by atoms with Crippen molar-refractivity contribution in [3.63, 3.8) is 0 Å². The zero-order valence-electron chi connectivity index (χ0n) is 5.97. The molecule has 7 heteroatoms. The summed E-state index contributed by atoms with van der Waals surface area (Å²) >= 11 is 0. The highest BCUT2D eigenvalue weighted by Crippen LogP contribution is 2.50. The summed E-state index contributed by atoms with van der Waals surface area (Å²) < 4.78 is 29.1. The van der Waals surface area contributed by atoms with Gasteiger partial charge in [0.05, 0.1) is 0 Å². The van der Waals surface area contributed by atoms with Crippen LogP contribution in [0, 0.1) is 5.41 Å². The topological polar surface area (TPSA) is 112 Å². The molecule has 0 heterocycles. The molecule has 12 heavy (non-hydrogen) atoms. The standard InChI is InChI=1S/C5H8O6S/c6-3(7)5(1-2-5)4(8)12(9,10)11/h4,8H,1-2H2,(H,6,7)(H,9,10,11). The van der Waals surface area contributed by atoms with Gasteiger partial charge in [0.15, 0.2) is 5.44 Å². The Labute approximate surface area is 68.6 Å². The van der Waals surface area contributed by atoms with E-state index in [0.29, 0.717) is 0 Å². The first-order valence-corrected chi connectivity index (χ1v) is 4.69. The molecular weight excluding hydrogens is 188 g/mol. The van der Waals surface area contributed by atoms with Crippen LogP contribution in [0.15, 0.2) is 0 Å². The molecule has 0 saturated heterocycles. The Morgan fingerprint density at radius 3 is 1.92 bits per heavy atom. The predicted octanol–water partition coefficient (Wildman–Crippen LogP) is -0.943. The SMILES string of the molecule is O=C(O)C1(C(O)S(=O)(=O)O)CC1. The monoisotopic (exact) mass is 196 g/mol. The van der Waals surface area contributed by atoms with Crippen LogP contribution in [-0.4, -0.2) is 34.6 Å². The van der Waals surface area contributed by atoms with Crippen molar-refractivity contribution in [2.75, 3.05) is 0 Å². The maximum absolute atomic E-state index is 10.4. The molecule has 0 aliphatic heterocycles. The molecule has 1 saturated carbocycles. The third-order valence-corrected chi connectivity index (χ3v) is 2.98. The molecule has 6 nitrogen and oxygen atoms in total. The lowest BCUT2D eigenvalue weighted by Gasteiger charge is -2.13. The minimum absolute atomic E-state index is 0.0727. The number of rotatable bonds is 3. The van der Waals surface area contributed by atoms with E-state index in [1.165, 1.54) is 0 Å². The molecule has 1 aliphatic carbocycles. The fraction of sp³-hybridized carbons (Fsp3) is 0.800. The van der Waals surface area contributed by atoms with Gasteiger partial charge < -0.3 is 10.2 Å². The molecule has 0 spiro atoms. The summed E-state index contributed by atoms with van der Waals surface area (Å²) in [7, 11) is -4.67. The highest BCUT2D eigenvalue weighted by atomic mass is 32.2. The average molecular weight is 196 g/mol. The van der Waals surface area contributed by atoms with Crippen molar-refractivity contribution in [3.05, 3.63) is 0 Å². The molecule has 1 atom stereocenters. The summed E-state index contributed by atoms with van der Waals surface area (Å²) in [5.74, 6) is -1.40. The molecular formula is C5H8O6S. The molecule has 0 bridgehead atoms. The number of hydrogen-bond acceptors (Lipinski definition) is 4. The molecule has 0 aromatic heterocycles. The van der Waals surface area contributed by atoms with E-state index in [1.807, 2.05) is 0 Å². The van der Waals surface area contributed by atoms with E-state index in [-0.39, 0.29) is 12.8 Å². The Kier molecular flexibility index (Phi) is 1.89. The van der Waals surface area contributed by atoms with Crippen molar-refractivity contribution in [2.45, 2.75) is 18.3 Å². The van der Waals surface area contributed by atoms with Gasteiger partial charge in [-0.25, -0.2) is 0 Å². The fourth-order valence-electron chi connectivity index (χ4n) is 0.986. The highest BCUT2D eigenvalue weighted by molar-refractivity contribution is 7.86. The Hall–Kier alpha value is -0.660. The van der Waals surface area contributed by atoms with E-state index in [4.69, 9.17) is 14.8 Å². The zero-order valence-corrected chi connectivity index (χ0v) is 6.78. The molecule has 3 N–H and O–H groups in total. The molecule has 1 fully saturated rings. The van der Waals surface area contributed by atoms with Crippen molar-refractivity contribution in [3.8, 4) is 0 Å². The molecule has 1 aliphatic rings. The van der Waals surface area contributed by atoms with Gasteiger partial charge in [-0.15, -0.1) is 0 Å². The van der Waals surface area contributed by atoms with Crippen LogP contribution in [0.2, 0.25) is 0 Å². The number of hydrogen-bond donors (Lipinski definition) is 3. The summed E-state index contributed by atoms with van der Waals surface area (Å²) in [5.41, 5.74) is -3.88. The van der Waals surface area contributed by atoms with Crippen LogP contribution in [0.5, 0.6) is 0 Å². The van der Waals surface area contributed by atoms with Gasteiger partial charge in [-0.1, -0.05) is 0 Å². The lowest BCUT2D eigenvalue weighted by Crippen LogP contribution is -2.36. The normalized spacial score (nSPS) is 23.2. The quantitative estimate of drug-likeness (QED) is 0.502. The molecule has 0 radical (unpaired) electrons. The van der Waals surface area contributed by atoms with Crippen LogP contribution in [0.3, 0.4) is 0 Å². The molecule has 70 valence electrons. The summed E-state index contributed by atoms with van der Waals surface area (Å²) in [6.45, 7) is 0. The Bertz CT molecular complexity index is 300. The van der Waals surface area contributed by atoms with Gasteiger partial charge in [0.1, 0.15) is 5.41 Å². The van der Waals surface area contributed by atoms with Crippen molar-refractivity contribution < 1.29 is 28.0 Å². The maximum atomic E-state index is 10.4. The second-order valence-corrected chi connectivity index (χ2v) is 4.31. The third-order valence-electron chi connectivity index (χ3n) is 1.97. The van der Waals surface area contributed by atoms with Gasteiger partial charge in [-0.05, 0) is 12.8 Å². The van der Waals surface area contributed by atoms with Crippen LogP contribution in [0.4, 0.5) is 0 Å². The summed E-state index contributed by atoms with van der Waals surface area (Å²) in [4.78, 5) is 10.4. The second kappa shape index (κ2) is 2.41. The average Bonchev–Trinajstić information content (AvgIpc) is 2.62. The van der Waals surface area contributed by atoms with Gasteiger partial charge >= 0.3 is 5.97 Å². The first-order valence-electron chi connectivity index (χ1n) is 3.18. The minimum Gasteiger partial charge on any atom is -0.481 e. The van der Waals surface area contributed by atoms with Crippen molar-refractivity contribution in [1.29, 1.82) is 0 Å². The Morgan fingerprint density at radius 1 is 1.42 bits per heavy atom. The largest absolute Gasteiger partial charge is 0.481 e.